The summed E-state index contributed by atoms with van der Waals surface area (Å²) in [7, 11) is 0. The summed E-state index contributed by atoms with van der Waals surface area (Å²) in [4.78, 5) is 11.6. The monoisotopic (exact) mass is 312 g/mol. The second-order valence-corrected chi connectivity index (χ2v) is 5.77. The molecule has 18 heavy (non-hydrogen) atoms. The van der Waals surface area contributed by atoms with Crippen molar-refractivity contribution in [1.82, 2.24) is 5.32 Å². The number of carbonyl (C=O) groups is 1. The highest BCUT2D eigenvalue weighted by Crippen LogP contribution is 2.24. The van der Waals surface area contributed by atoms with E-state index >= 15 is 0 Å². The van der Waals surface area contributed by atoms with Crippen LogP contribution in [0.3, 0.4) is 0 Å². The van der Waals surface area contributed by atoms with E-state index in [1.165, 1.54) is 11.1 Å². The molecule has 0 fully saturated rings. The highest BCUT2D eigenvalue weighted by Gasteiger charge is 2.05. The van der Waals surface area contributed by atoms with Crippen LogP contribution in [0.1, 0.15) is 25.0 Å². The summed E-state index contributed by atoms with van der Waals surface area (Å²) in [5.41, 5.74) is 3.31. The molecule has 0 heterocycles. The fourth-order valence-corrected chi connectivity index (χ4v) is 1.84. The van der Waals surface area contributed by atoms with Gasteiger partial charge in [-0.3, -0.25) is 4.79 Å². The molecule has 0 aliphatic heterocycles. The van der Waals surface area contributed by atoms with Gasteiger partial charge in [-0.05, 0) is 43.0 Å². The number of nitrogens with one attached hydrogen (secondary N) is 2. The highest BCUT2D eigenvalue weighted by atomic mass is 79.9. The van der Waals surface area contributed by atoms with E-state index in [0.717, 1.165) is 16.7 Å². The Morgan fingerprint density at radius 3 is 2.33 bits per heavy atom. The molecule has 0 saturated carbocycles. The largest absolute Gasteiger partial charge is 0.376 e. The van der Waals surface area contributed by atoms with Gasteiger partial charge in [-0.1, -0.05) is 29.8 Å². The zero-order chi connectivity index (χ0) is 13.7. The van der Waals surface area contributed by atoms with Crippen LogP contribution in [0.4, 0.5) is 5.69 Å². The average molecular weight is 313 g/mol. The van der Waals surface area contributed by atoms with Crippen molar-refractivity contribution in [3.05, 3.63) is 27.7 Å². The third kappa shape index (κ3) is 4.69. The summed E-state index contributed by atoms with van der Waals surface area (Å²) >= 11 is 3.53. The van der Waals surface area contributed by atoms with Gasteiger partial charge in [0.05, 0.1) is 6.54 Å². The Morgan fingerprint density at radius 1 is 1.28 bits per heavy atom. The van der Waals surface area contributed by atoms with Gasteiger partial charge >= 0.3 is 0 Å². The van der Waals surface area contributed by atoms with E-state index in [2.05, 4.69) is 40.4 Å². The number of benzene rings is 1. The molecule has 2 N–H and O–H groups in total. The van der Waals surface area contributed by atoms with Crippen molar-refractivity contribution in [2.45, 2.75) is 27.7 Å². The van der Waals surface area contributed by atoms with Crippen LogP contribution < -0.4 is 10.6 Å². The van der Waals surface area contributed by atoms with Crippen molar-refractivity contribution >= 4 is 27.5 Å². The van der Waals surface area contributed by atoms with Crippen LogP contribution >= 0.6 is 15.9 Å². The lowest BCUT2D eigenvalue weighted by Crippen LogP contribution is -2.32. The summed E-state index contributed by atoms with van der Waals surface area (Å²) < 4.78 is 1.12. The van der Waals surface area contributed by atoms with E-state index in [0.29, 0.717) is 12.5 Å². The molecule has 0 atom stereocenters. The van der Waals surface area contributed by atoms with E-state index < -0.39 is 0 Å². The number of aryl methyl sites for hydroxylation is 2. The predicted molar refractivity (Wildman–Crippen MR) is 80.0 cm³/mol. The second-order valence-electron chi connectivity index (χ2n) is 4.98. The Morgan fingerprint density at radius 2 is 1.83 bits per heavy atom. The topological polar surface area (TPSA) is 41.1 Å². The van der Waals surface area contributed by atoms with Gasteiger partial charge in [-0.25, -0.2) is 0 Å². The molecule has 1 rings (SSSR count). The fourth-order valence-electron chi connectivity index (χ4n) is 1.61. The smallest absolute Gasteiger partial charge is 0.239 e. The van der Waals surface area contributed by atoms with Gasteiger partial charge in [0.15, 0.2) is 0 Å². The number of halogens is 1. The summed E-state index contributed by atoms with van der Waals surface area (Å²) in [5.74, 6) is 0.507. The molecule has 0 radical (unpaired) electrons. The van der Waals surface area contributed by atoms with Gasteiger partial charge in [0.2, 0.25) is 5.91 Å². The zero-order valence-corrected chi connectivity index (χ0v) is 13.0. The summed E-state index contributed by atoms with van der Waals surface area (Å²) in [6, 6.07) is 4.07. The van der Waals surface area contributed by atoms with Crippen LogP contribution in [0.15, 0.2) is 16.6 Å². The average Bonchev–Trinajstić information content (AvgIpc) is 2.30. The van der Waals surface area contributed by atoms with Crippen LogP contribution in [0.25, 0.3) is 0 Å². The van der Waals surface area contributed by atoms with Gasteiger partial charge in [0.1, 0.15) is 0 Å². The molecule has 0 unspecified atom stereocenters. The number of rotatable bonds is 5. The molecule has 4 heteroatoms. The van der Waals surface area contributed by atoms with Crippen molar-refractivity contribution in [3.8, 4) is 0 Å². The molecule has 1 aromatic rings. The van der Waals surface area contributed by atoms with E-state index in [4.69, 9.17) is 0 Å². The third-order valence-corrected chi connectivity index (χ3v) is 3.85. The molecule has 0 spiro atoms. The third-order valence-electron chi connectivity index (χ3n) is 2.60. The molecular weight excluding hydrogens is 292 g/mol. The van der Waals surface area contributed by atoms with Crippen molar-refractivity contribution in [2.24, 2.45) is 5.92 Å². The van der Waals surface area contributed by atoms with Crippen molar-refractivity contribution < 1.29 is 4.79 Å². The molecule has 0 saturated heterocycles. The van der Waals surface area contributed by atoms with Gasteiger partial charge in [-0.15, -0.1) is 0 Å². The van der Waals surface area contributed by atoms with Crippen molar-refractivity contribution in [3.63, 3.8) is 0 Å². The second kappa shape index (κ2) is 6.78. The molecule has 0 bridgehead atoms. The first-order valence-corrected chi connectivity index (χ1v) is 6.96. The van der Waals surface area contributed by atoms with Crippen LogP contribution in [0.2, 0.25) is 0 Å². The molecule has 0 aliphatic rings. The van der Waals surface area contributed by atoms with Crippen LogP contribution in [0.5, 0.6) is 0 Å². The SMILES string of the molecule is Cc1cc(NCC(=O)NCC(C)C)cc(C)c1Br. The fraction of sp³-hybridized carbons (Fsp3) is 0.500. The number of amides is 1. The van der Waals surface area contributed by atoms with E-state index in [9.17, 15) is 4.79 Å². The first-order valence-electron chi connectivity index (χ1n) is 6.17. The molecule has 0 aliphatic carbocycles. The number of hydrogen-bond donors (Lipinski definition) is 2. The Labute approximate surface area is 117 Å². The number of carbonyl (C=O) groups excluding carboxylic acids is 1. The normalized spacial score (nSPS) is 10.6. The maximum atomic E-state index is 11.6. The molecule has 3 nitrogen and oxygen atoms in total. The van der Waals surface area contributed by atoms with Gasteiger partial charge in [0.25, 0.3) is 0 Å². The first kappa shape index (κ1) is 15.0. The predicted octanol–water partition coefficient (Wildman–Crippen LogP) is 3.25. The maximum absolute atomic E-state index is 11.6. The Kier molecular flexibility index (Phi) is 5.66. The van der Waals surface area contributed by atoms with Crippen LogP contribution in [0, 0.1) is 19.8 Å². The lowest BCUT2D eigenvalue weighted by molar-refractivity contribution is -0.119. The number of anilines is 1. The van der Waals surface area contributed by atoms with Gasteiger partial charge < -0.3 is 10.6 Å². The standard InChI is InChI=1S/C14H21BrN2O/c1-9(2)7-17-13(18)8-16-12-5-10(3)14(15)11(4)6-12/h5-6,9,16H,7-8H2,1-4H3,(H,17,18). The van der Waals surface area contributed by atoms with Crippen LogP contribution in [-0.2, 0) is 4.79 Å². The lowest BCUT2D eigenvalue weighted by Gasteiger charge is -2.11. The van der Waals surface area contributed by atoms with E-state index in [-0.39, 0.29) is 5.91 Å². The summed E-state index contributed by atoms with van der Waals surface area (Å²) in [6.07, 6.45) is 0. The minimum Gasteiger partial charge on any atom is -0.376 e. The molecule has 100 valence electrons. The minimum absolute atomic E-state index is 0.0296. The molecule has 1 amide bonds. The summed E-state index contributed by atoms with van der Waals surface area (Å²) in [5, 5.41) is 6.03. The number of hydrogen-bond acceptors (Lipinski definition) is 2. The first-order chi connectivity index (χ1) is 8.40. The maximum Gasteiger partial charge on any atom is 0.239 e. The van der Waals surface area contributed by atoms with E-state index in [1.54, 1.807) is 0 Å². The highest BCUT2D eigenvalue weighted by molar-refractivity contribution is 9.10. The van der Waals surface area contributed by atoms with Crippen LogP contribution in [-0.4, -0.2) is 19.0 Å². The van der Waals surface area contributed by atoms with E-state index in [1.807, 2.05) is 26.0 Å². The Bertz CT molecular complexity index is 407. The summed E-state index contributed by atoms with van der Waals surface area (Å²) in [6.45, 7) is 9.28. The molecule has 1 aromatic carbocycles. The lowest BCUT2D eigenvalue weighted by atomic mass is 10.1. The van der Waals surface area contributed by atoms with Crippen molar-refractivity contribution in [1.29, 1.82) is 0 Å². The molecule has 0 aromatic heterocycles. The molecular formula is C14H21BrN2O. The Balaban J connectivity index is 2.51. The van der Waals surface area contributed by atoms with Gasteiger partial charge in [0, 0.05) is 16.7 Å². The van der Waals surface area contributed by atoms with Gasteiger partial charge in [-0.2, -0.15) is 0 Å². The minimum atomic E-state index is 0.0296. The van der Waals surface area contributed by atoms with Crippen molar-refractivity contribution in [2.75, 3.05) is 18.4 Å². The Hall–Kier alpha value is -1.03. The zero-order valence-electron chi connectivity index (χ0n) is 11.4. The quantitative estimate of drug-likeness (QED) is 0.876.